The maximum atomic E-state index is 12.5. The molecule has 2 aliphatic carbocycles. The van der Waals surface area contributed by atoms with E-state index < -0.39 is 0 Å². The Balaban J connectivity index is 1.51. The van der Waals surface area contributed by atoms with Crippen molar-refractivity contribution in [3.63, 3.8) is 0 Å². The van der Waals surface area contributed by atoms with Crippen molar-refractivity contribution < 1.29 is 19.1 Å². The van der Waals surface area contributed by atoms with Gasteiger partial charge in [0.1, 0.15) is 5.78 Å². The van der Waals surface area contributed by atoms with E-state index in [4.69, 9.17) is 4.74 Å². The summed E-state index contributed by atoms with van der Waals surface area (Å²) >= 11 is 0. The number of nitrogens with one attached hydrogen (secondary N) is 1. The van der Waals surface area contributed by atoms with Gasteiger partial charge in [-0.3, -0.25) is 14.4 Å². The summed E-state index contributed by atoms with van der Waals surface area (Å²) in [6, 6.07) is 9.75. The first kappa shape index (κ1) is 20.6. The van der Waals surface area contributed by atoms with Crippen molar-refractivity contribution in [1.29, 1.82) is 0 Å². The fraction of sp³-hybridized carbons (Fsp3) is 0.609. The normalized spacial score (nSPS) is 25.2. The summed E-state index contributed by atoms with van der Waals surface area (Å²) in [5.74, 6) is -0.101. The summed E-state index contributed by atoms with van der Waals surface area (Å²) in [5.41, 5.74) is 1.05. The van der Waals surface area contributed by atoms with Gasteiger partial charge in [-0.2, -0.15) is 0 Å². The summed E-state index contributed by atoms with van der Waals surface area (Å²) in [4.78, 5) is 37.0. The lowest BCUT2D eigenvalue weighted by Crippen LogP contribution is -2.40. The van der Waals surface area contributed by atoms with Crippen molar-refractivity contribution in [1.82, 2.24) is 5.32 Å². The number of ketones is 1. The summed E-state index contributed by atoms with van der Waals surface area (Å²) in [6.45, 7) is 3.97. The van der Waals surface area contributed by atoms with E-state index in [1.54, 1.807) is 0 Å². The number of esters is 1. The summed E-state index contributed by atoms with van der Waals surface area (Å²) in [5, 5.41) is 3.00. The van der Waals surface area contributed by atoms with Gasteiger partial charge in [0.15, 0.2) is 6.61 Å². The average molecular weight is 386 g/mol. The maximum absolute atomic E-state index is 12.5. The van der Waals surface area contributed by atoms with Crippen molar-refractivity contribution in [2.45, 2.75) is 58.4 Å². The molecule has 2 fully saturated rings. The monoisotopic (exact) mass is 385 g/mol. The Hall–Kier alpha value is -2.17. The number of ether oxygens (including phenoxy) is 1. The van der Waals surface area contributed by atoms with Crippen LogP contribution in [0.4, 0.5) is 0 Å². The predicted molar refractivity (Wildman–Crippen MR) is 106 cm³/mol. The first-order valence-electron chi connectivity index (χ1n) is 10.5. The minimum absolute atomic E-state index is 0.00683. The fourth-order valence-corrected chi connectivity index (χ4v) is 4.60. The van der Waals surface area contributed by atoms with Crippen molar-refractivity contribution in [2.24, 2.45) is 23.7 Å². The van der Waals surface area contributed by atoms with Crippen molar-refractivity contribution in [3.8, 4) is 0 Å². The SMILES string of the molecule is CC(C)C[C@@H](NC(=O)COC(=O)C1C[C@H]2CCC[C@@H](C1)C2=O)c1ccccc1. The molecule has 0 saturated heterocycles. The Morgan fingerprint density at radius 2 is 1.75 bits per heavy atom. The number of hydrogen-bond acceptors (Lipinski definition) is 4. The van der Waals surface area contributed by atoms with Crippen LogP contribution in [0.2, 0.25) is 0 Å². The molecule has 1 unspecified atom stereocenters. The number of benzene rings is 1. The van der Waals surface area contributed by atoms with Crippen molar-refractivity contribution >= 4 is 17.7 Å². The first-order chi connectivity index (χ1) is 13.4. The molecule has 1 N–H and O–H groups in total. The van der Waals surface area contributed by atoms with E-state index in [0.717, 1.165) is 31.2 Å². The highest BCUT2D eigenvalue weighted by atomic mass is 16.5. The van der Waals surface area contributed by atoms with Crippen LogP contribution in [0.1, 0.15) is 64.0 Å². The minimum Gasteiger partial charge on any atom is -0.455 e. The topological polar surface area (TPSA) is 72.5 Å². The molecule has 2 saturated carbocycles. The van der Waals surface area contributed by atoms with Gasteiger partial charge in [-0.25, -0.2) is 0 Å². The summed E-state index contributed by atoms with van der Waals surface area (Å²) < 4.78 is 5.32. The summed E-state index contributed by atoms with van der Waals surface area (Å²) in [7, 11) is 0. The van der Waals surface area contributed by atoms with Crippen LogP contribution in [0, 0.1) is 23.7 Å². The zero-order chi connectivity index (χ0) is 20.1. The Morgan fingerprint density at radius 3 is 2.36 bits per heavy atom. The third-order valence-electron chi connectivity index (χ3n) is 5.97. The van der Waals surface area contributed by atoms with Gasteiger partial charge in [-0.1, -0.05) is 50.6 Å². The van der Waals surface area contributed by atoms with E-state index in [1.807, 2.05) is 30.3 Å². The number of hydrogen-bond donors (Lipinski definition) is 1. The van der Waals surface area contributed by atoms with E-state index in [9.17, 15) is 14.4 Å². The molecule has 0 aliphatic heterocycles. The molecule has 0 aromatic heterocycles. The van der Waals surface area contributed by atoms with Gasteiger partial charge in [0.2, 0.25) is 0 Å². The van der Waals surface area contributed by atoms with Crippen LogP contribution in [-0.4, -0.2) is 24.3 Å². The largest absolute Gasteiger partial charge is 0.455 e. The van der Waals surface area contributed by atoms with Gasteiger partial charge in [-0.05, 0) is 43.6 Å². The van der Waals surface area contributed by atoms with Gasteiger partial charge in [0.25, 0.3) is 5.91 Å². The number of Topliss-reactive ketones (excluding diaryl/α,β-unsaturated/α-hetero) is 1. The van der Waals surface area contributed by atoms with Crippen LogP contribution in [0.5, 0.6) is 0 Å². The van der Waals surface area contributed by atoms with E-state index >= 15 is 0 Å². The molecular weight excluding hydrogens is 354 g/mol. The second-order valence-corrected chi connectivity index (χ2v) is 8.66. The minimum atomic E-state index is -0.334. The molecule has 2 bridgehead atoms. The zero-order valence-corrected chi connectivity index (χ0v) is 16.9. The highest BCUT2D eigenvalue weighted by Crippen LogP contribution is 2.40. The van der Waals surface area contributed by atoms with Gasteiger partial charge in [0, 0.05) is 11.8 Å². The number of rotatable bonds is 7. The van der Waals surface area contributed by atoms with Crippen LogP contribution in [-0.2, 0) is 19.1 Å². The Morgan fingerprint density at radius 1 is 1.11 bits per heavy atom. The van der Waals surface area contributed by atoms with E-state index in [0.29, 0.717) is 24.5 Å². The fourth-order valence-electron chi connectivity index (χ4n) is 4.60. The zero-order valence-electron chi connectivity index (χ0n) is 16.9. The lowest BCUT2D eigenvalue weighted by Gasteiger charge is -2.36. The quantitative estimate of drug-likeness (QED) is 0.724. The average Bonchev–Trinajstić information content (AvgIpc) is 2.65. The standard InChI is InChI=1S/C23H31NO4/c1-15(2)11-20(16-7-4-3-5-8-16)24-21(25)14-28-23(27)19-12-17-9-6-10-18(13-19)22(17)26/h3-5,7-8,15,17-20H,6,9-14H2,1-2H3,(H,24,25)/t17-,18+,19?,20-/m1/s1. The third kappa shape index (κ3) is 5.21. The molecule has 0 spiro atoms. The first-order valence-corrected chi connectivity index (χ1v) is 10.5. The van der Waals surface area contributed by atoms with Crippen LogP contribution in [0.15, 0.2) is 30.3 Å². The molecular formula is C23H31NO4. The number of amides is 1. The highest BCUT2D eigenvalue weighted by molar-refractivity contribution is 5.88. The van der Waals surface area contributed by atoms with Gasteiger partial charge in [-0.15, -0.1) is 0 Å². The Kier molecular flexibility index (Phi) is 6.87. The lowest BCUT2D eigenvalue weighted by molar-refractivity contribution is -0.156. The Bertz CT molecular complexity index is 684. The second kappa shape index (κ2) is 9.35. The molecule has 0 heterocycles. The number of carbonyl (C=O) groups excluding carboxylic acids is 3. The molecule has 2 aliphatic rings. The van der Waals surface area contributed by atoms with Gasteiger partial charge >= 0.3 is 5.97 Å². The molecule has 5 nitrogen and oxygen atoms in total. The van der Waals surface area contributed by atoms with Crippen molar-refractivity contribution in [3.05, 3.63) is 35.9 Å². The molecule has 4 atom stereocenters. The molecule has 1 aromatic carbocycles. The van der Waals surface area contributed by atoms with Crippen LogP contribution >= 0.6 is 0 Å². The van der Waals surface area contributed by atoms with Gasteiger partial charge in [0.05, 0.1) is 12.0 Å². The van der Waals surface area contributed by atoms with E-state index in [-0.39, 0.29) is 42.3 Å². The number of fused-ring (bicyclic) bond motifs is 2. The lowest BCUT2D eigenvalue weighted by atomic mass is 9.67. The van der Waals surface area contributed by atoms with Crippen LogP contribution in [0.3, 0.4) is 0 Å². The van der Waals surface area contributed by atoms with E-state index in [1.165, 1.54) is 0 Å². The predicted octanol–water partition coefficient (Wildman–Crippen LogP) is 3.83. The highest BCUT2D eigenvalue weighted by Gasteiger charge is 2.41. The molecule has 1 aromatic rings. The molecule has 5 heteroatoms. The van der Waals surface area contributed by atoms with Crippen LogP contribution in [0.25, 0.3) is 0 Å². The molecule has 3 rings (SSSR count). The second-order valence-electron chi connectivity index (χ2n) is 8.66. The van der Waals surface area contributed by atoms with Gasteiger partial charge < -0.3 is 10.1 Å². The molecule has 0 radical (unpaired) electrons. The van der Waals surface area contributed by atoms with Crippen LogP contribution < -0.4 is 5.32 Å². The van der Waals surface area contributed by atoms with E-state index in [2.05, 4.69) is 19.2 Å². The molecule has 1 amide bonds. The van der Waals surface area contributed by atoms with Crippen molar-refractivity contribution in [2.75, 3.05) is 6.61 Å². The smallest absolute Gasteiger partial charge is 0.309 e. The third-order valence-corrected chi connectivity index (χ3v) is 5.97. The summed E-state index contributed by atoms with van der Waals surface area (Å²) in [6.07, 6.45) is 4.81. The molecule has 28 heavy (non-hydrogen) atoms. The number of carbonyl (C=O) groups is 3. The Labute approximate surface area is 167 Å². The molecule has 152 valence electrons. The maximum Gasteiger partial charge on any atom is 0.309 e.